The normalized spacial score (nSPS) is 28.1. The number of nitrogen functional groups attached to an aromatic ring is 1. The number of halogens is 1. The number of hydrogen-bond acceptors (Lipinski definition) is 4. The highest BCUT2D eigenvalue weighted by molar-refractivity contribution is 5.92. The molecule has 2 bridgehead atoms. The monoisotopic (exact) mass is 343 g/mol. The van der Waals surface area contributed by atoms with Crippen LogP contribution >= 0.6 is 0 Å². The first-order valence-electron chi connectivity index (χ1n) is 8.73. The van der Waals surface area contributed by atoms with E-state index in [1.165, 1.54) is 6.07 Å². The van der Waals surface area contributed by atoms with Gasteiger partial charge in [-0.05, 0) is 69.1 Å². The second-order valence-electron chi connectivity index (χ2n) is 7.02. The van der Waals surface area contributed by atoms with E-state index in [9.17, 15) is 9.18 Å². The molecule has 5 rings (SSSR count). The third-order valence-electron chi connectivity index (χ3n) is 5.56. The van der Waals surface area contributed by atoms with Gasteiger partial charge in [0.25, 0.3) is 5.91 Å². The summed E-state index contributed by atoms with van der Waals surface area (Å²) < 4.78 is 19.6. The van der Waals surface area contributed by atoms with Crippen molar-refractivity contribution in [3.05, 3.63) is 41.9 Å². The fourth-order valence-corrected chi connectivity index (χ4v) is 4.10. The first-order valence-corrected chi connectivity index (χ1v) is 8.73. The Bertz CT molecular complexity index is 794. The molecule has 2 aromatic rings. The third-order valence-corrected chi connectivity index (χ3v) is 5.56. The number of hydrogen-bond donors (Lipinski definition) is 2. The van der Waals surface area contributed by atoms with E-state index in [-0.39, 0.29) is 17.7 Å². The molecule has 25 heavy (non-hydrogen) atoms. The maximum absolute atomic E-state index is 14.0. The van der Waals surface area contributed by atoms with Gasteiger partial charge < -0.3 is 15.5 Å². The fraction of sp³-hybridized carbons (Fsp3) is 0.421. The van der Waals surface area contributed by atoms with Crippen LogP contribution in [-0.4, -0.2) is 36.0 Å². The lowest BCUT2D eigenvalue weighted by atomic mass is 9.79. The summed E-state index contributed by atoms with van der Waals surface area (Å²) in [6, 6.07) is 8.08. The minimum Gasteiger partial charge on any atom is -0.451 e. The number of piperidine rings is 3. The van der Waals surface area contributed by atoms with Gasteiger partial charge in [0.1, 0.15) is 11.6 Å². The van der Waals surface area contributed by atoms with Crippen molar-refractivity contribution in [2.75, 3.05) is 18.8 Å². The van der Waals surface area contributed by atoms with Crippen molar-refractivity contribution in [2.45, 2.75) is 31.8 Å². The predicted octanol–water partition coefficient (Wildman–Crippen LogP) is 2.88. The van der Waals surface area contributed by atoms with Gasteiger partial charge in [-0.25, -0.2) is 4.39 Å². The van der Waals surface area contributed by atoms with Crippen LogP contribution in [0.5, 0.6) is 0 Å². The number of carbonyl (C=O) groups is 1. The van der Waals surface area contributed by atoms with E-state index in [2.05, 4.69) is 17.1 Å². The predicted molar refractivity (Wildman–Crippen MR) is 93.5 cm³/mol. The molecule has 0 radical (unpaired) electrons. The van der Waals surface area contributed by atoms with E-state index in [1.54, 1.807) is 24.3 Å². The Hall–Kier alpha value is -2.34. The minimum absolute atomic E-state index is 0.136. The van der Waals surface area contributed by atoms with Gasteiger partial charge in [0, 0.05) is 17.8 Å². The lowest BCUT2D eigenvalue weighted by molar-refractivity contribution is 0.0211. The Morgan fingerprint density at radius 2 is 2.04 bits per heavy atom. The Balaban J connectivity index is 1.51. The number of carbonyl (C=O) groups excluding carboxylic acids is 1. The molecule has 0 spiro atoms. The molecule has 1 amide bonds. The summed E-state index contributed by atoms with van der Waals surface area (Å²) in [5.74, 6) is 0.340. The SMILES string of the molecule is C[C@H]1[C@H](NC(=O)c2ccc(-c3ccc(N)cc3F)o2)C2CCN1CC2. The van der Waals surface area contributed by atoms with E-state index >= 15 is 0 Å². The fourth-order valence-electron chi connectivity index (χ4n) is 4.10. The number of nitrogens with one attached hydrogen (secondary N) is 1. The molecule has 0 unspecified atom stereocenters. The standard InChI is InChI=1S/C19H22FN3O2/c1-11-18(12-6-8-23(11)9-7-12)22-19(24)17-5-4-16(25-17)14-3-2-13(21)10-15(14)20/h2-5,10-12,18H,6-9,21H2,1H3,(H,22,24)/t11-,18-/m0/s1. The van der Waals surface area contributed by atoms with Gasteiger partial charge in [-0.15, -0.1) is 0 Å². The quantitative estimate of drug-likeness (QED) is 0.841. The molecule has 3 fully saturated rings. The van der Waals surface area contributed by atoms with Gasteiger partial charge in [0.2, 0.25) is 0 Å². The molecule has 6 heteroatoms. The molecule has 3 N–H and O–H groups in total. The van der Waals surface area contributed by atoms with Crippen molar-refractivity contribution < 1.29 is 13.6 Å². The number of anilines is 1. The summed E-state index contributed by atoms with van der Waals surface area (Å²) in [4.78, 5) is 15.0. The number of nitrogens with zero attached hydrogens (tertiary/aromatic N) is 1. The van der Waals surface area contributed by atoms with Crippen molar-refractivity contribution >= 4 is 11.6 Å². The maximum Gasteiger partial charge on any atom is 0.287 e. The Morgan fingerprint density at radius 3 is 2.72 bits per heavy atom. The average molecular weight is 343 g/mol. The molecule has 3 aliphatic heterocycles. The highest BCUT2D eigenvalue weighted by atomic mass is 19.1. The molecule has 3 aliphatic rings. The van der Waals surface area contributed by atoms with Crippen molar-refractivity contribution in [1.29, 1.82) is 0 Å². The lowest BCUT2D eigenvalue weighted by Gasteiger charge is -2.49. The van der Waals surface area contributed by atoms with Crippen molar-refractivity contribution in [2.24, 2.45) is 5.92 Å². The van der Waals surface area contributed by atoms with Gasteiger partial charge in [-0.2, -0.15) is 0 Å². The van der Waals surface area contributed by atoms with Crippen LogP contribution in [-0.2, 0) is 0 Å². The van der Waals surface area contributed by atoms with Crippen molar-refractivity contribution in [3.8, 4) is 11.3 Å². The molecular weight excluding hydrogens is 321 g/mol. The highest BCUT2D eigenvalue weighted by Gasteiger charge is 2.40. The van der Waals surface area contributed by atoms with Gasteiger partial charge >= 0.3 is 0 Å². The van der Waals surface area contributed by atoms with E-state index in [0.29, 0.717) is 29.0 Å². The molecule has 132 valence electrons. The van der Waals surface area contributed by atoms with E-state index < -0.39 is 5.82 Å². The first kappa shape index (κ1) is 16.1. The first-order chi connectivity index (χ1) is 12.0. The van der Waals surface area contributed by atoms with Gasteiger partial charge in [0.15, 0.2) is 5.76 Å². The number of nitrogens with two attached hydrogens (primary N) is 1. The molecule has 1 aromatic heterocycles. The summed E-state index contributed by atoms with van der Waals surface area (Å²) in [6.45, 7) is 4.38. The van der Waals surface area contributed by atoms with Crippen LogP contribution in [0.3, 0.4) is 0 Å². The van der Waals surface area contributed by atoms with Crippen LogP contribution in [0, 0.1) is 11.7 Å². The molecule has 5 nitrogen and oxygen atoms in total. The molecule has 1 aromatic carbocycles. The van der Waals surface area contributed by atoms with Crippen LogP contribution in [0.4, 0.5) is 10.1 Å². The van der Waals surface area contributed by atoms with Gasteiger partial charge in [0.05, 0.1) is 5.56 Å². The third kappa shape index (κ3) is 2.91. The van der Waals surface area contributed by atoms with Crippen molar-refractivity contribution in [1.82, 2.24) is 10.2 Å². The van der Waals surface area contributed by atoms with E-state index in [1.807, 2.05) is 0 Å². The largest absolute Gasteiger partial charge is 0.451 e. The van der Waals surface area contributed by atoms with E-state index in [0.717, 1.165) is 25.9 Å². The number of fused-ring (bicyclic) bond motifs is 3. The van der Waals surface area contributed by atoms with Gasteiger partial charge in [-0.1, -0.05) is 0 Å². The molecule has 4 heterocycles. The topological polar surface area (TPSA) is 71.5 Å². The smallest absolute Gasteiger partial charge is 0.287 e. The molecular formula is C19H22FN3O2. The zero-order valence-corrected chi connectivity index (χ0v) is 14.2. The zero-order chi connectivity index (χ0) is 17.6. The van der Waals surface area contributed by atoms with Crippen LogP contribution in [0.15, 0.2) is 34.7 Å². The summed E-state index contributed by atoms with van der Waals surface area (Å²) in [7, 11) is 0. The summed E-state index contributed by atoms with van der Waals surface area (Å²) in [5.41, 5.74) is 6.21. The van der Waals surface area contributed by atoms with Crippen molar-refractivity contribution in [3.63, 3.8) is 0 Å². The number of benzene rings is 1. The van der Waals surface area contributed by atoms with Crippen LogP contribution < -0.4 is 11.1 Å². The van der Waals surface area contributed by atoms with Crippen LogP contribution in [0.2, 0.25) is 0 Å². The second kappa shape index (κ2) is 6.19. The Kier molecular flexibility index (Phi) is 4.00. The Morgan fingerprint density at radius 1 is 1.28 bits per heavy atom. The Labute approximate surface area is 146 Å². The minimum atomic E-state index is -0.465. The molecule has 0 saturated carbocycles. The number of furan rings is 1. The number of amides is 1. The summed E-state index contributed by atoms with van der Waals surface area (Å²) in [5, 5.41) is 3.12. The lowest BCUT2D eigenvalue weighted by Crippen LogP contribution is -2.62. The molecule has 0 aliphatic carbocycles. The van der Waals surface area contributed by atoms with Crippen LogP contribution in [0.1, 0.15) is 30.3 Å². The second-order valence-corrected chi connectivity index (χ2v) is 7.02. The average Bonchev–Trinajstić information content (AvgIpc) is 3.08. The summed E-state index contributed by atoms with van der Waals surface area (Å²) >= 11 is 0. The number of rotatable bonds is 3. The van der Waals surface area contributed by atoms with Crippen LogP contribution in [0.25, 0.3) is 11.3 Å². The highest BCUT2D eigenvalue weighted by Crippen LogP contribution is 2.32. The van der Waals surface area contributed by atoms with Gasteiger partial charge in [-0.3, -0.25) is 9.69 Å². The van der Waals surface area contributed by atoms with E-state index in [4.69, 9.17) is 10.2 Å². The molecule has 2 atom stereocenters. The summed E-state index contributed by atoms with van der Waals surface area (Å²) in [6.07, 6.45) is 2.24. The zero-order valence-electron chi connectivity index (χ0n) is 14.2. The maximum atomic E-state index is 14.0. The molecule has 3 saturated heterocycles.